The van der Waals surface area contributed by atoms with Crippen molar-refractivity contribution in [2.24, 2.45) is 5.92 Å². The molecule has 0 radical (unpaired) electrons. The molecule has 110 valence electrons. The zero-order chi connectivity index (χ0) is 13.5. The van der Waals surface area contributed by atoms with E-state index >= 15 is 0 Å². The standard InChI is InChI=1S/C16H30N2O/c1-2-3-4-5-6-9-12-18-15(19)13-17-16(18)14-10-7-8-11-14/h14,16-17H,2-13H2,1H3. The summed E-state index contributed by atoms with van der Waals surface area (Å²) in [4.78, 5) is 14.1. The van der Waals surface area contributed by atoms with Crippen molar-refractivity contribution < 1.29 is 4.79 Å². The summed E-state index contributed by atoms with van der Waals surface area (Å²) in [6, 6.07) is 0. The lowest BCUT2D eigenvalue weighted by molar-refractivity contribution is -0.128. The van der Waals surface area contributed by atoms with Crippen LogP contribution in [0.2, 0.25) is 0 Å². The minimum Gasteiger partial charge on any atom is -0.326 e. The molecule has 2 fully saturated rings. The fraction of sp³-hybridized carbons (Fsp3) is 0.938. The van der Waals surface area contributed by atoms with Gasteiger partial charge in [0, 0.05) is 6.54 Å². The average molecular weight is 266 g/mol. The van der Waals surface area contributed by atoms with Crippen molar-refractivity contribution in [3.63, 3.8) is 0 Å². The Morgan fingerprint density at radius 2 is 1.79 bits per heavy atom. The lowest BCUT2D eigenvalue weighted by Gasteiger charge is -2.29. The summed E-state index contributed by atoms with van der Waals surface area (Å²) in [5.41, 5.74) is 0. The first kappa shape index (κ1) is 14.8. The molecule has 1 saturated carbocycles. The van der Waals surface area contributed by atoms with E-state index in [1.54, 1.807) is 0 Å². The molecule has 19 heavy (non-hydrogen) atoms. The van der Waals surface area contributed by atoms with Crippen LogP contribution in [-0.2, 0) is 4.79 Å². The molecule has 0 aromatic carbocycles. The lowest BCUT2D eigenvalue weighted by Crippen LogP contribution is -2.42. The van der Waals surface area contributed by atoms with E-state index in [1.807, 2.05) is 0 Å². The second kappa shape index (κ2) is 7.88. The molecule has 1 aliphatic heterocycles. The Kier molecular flexibility index (Phi) is 6.15. The van der Waals surface area contributed by atoms with Gasteiger partial charge in [-0.25, -0.2) is 0 Å². The Morgan fingerprint density at radius 1 is 1.11 bits per heavy atom. The molecule has 2 rings (SSSR count). The van der Waals surface area contributed by atoms with E-state index in [1.165, 1.54) is 64.2 Å². The van der Waals surface area contributed by atoms with Gasteiger partial charge in [-0.3, -0.25) is 10.1 Å². The van der Waals surface area contributed by atoms with Crippen LogP contribution < -0.4 is 5.32 Å². The highest BCUT2D eigenvalue weighted by molar-refractivity contribution is 5.80. The maximum atomic E-state index is 12.0. The maximum absolute atomic E-state index is 12.0. The van der Waals surface area contributed by atoms with E-state index in [0.717, 1.165) is 6.54 Å². The van der Waals surface area contributed by atoms with E-state index in [9.17, 15) is 4.79 Å². The highest BCUT2D eigenvalue weighted by Crippen LogP contribution is 2.31. The van der Waals surface area contributed by atoms with Gasteiger partial charge >= 0.3 is 0 Å². The normalized spacial score (nSPS) is 24.6. The Bertz CT molecular complexity index is 274. The minimum absolute atomic E-state index is 0.324. The van der Waals surface area contributed by atoms with Crippen molar-refractivity contribution in [1.29, 1.82) is 0 Å². The number of amides is 1. The molecule has 0 aromatic rings. The maximum Gasteiger partial charge on any atom is 0.237 e. The van der Waals surface area contributed by atoms with Crippen molar-refractivity contribution in [3.8, 4) is 0 Å². The Labute approximate surface area is 118 Å². The summed E-state index contributed by atoms with van der Waals surface area (Å²) >= 11 is 0. The number of nitrogens with zero attached hydrogens (tertiary/aromatic N) is 1. The molecule has 1 aliphatic carbocycles. The van der Waals surface area contributed by atoms with E-state index in [0.29, 0.717) is 24.5 Å². The highest BCUT2D eigenvalue weighted by atomic mass is 16.2. The summed E-state index contributed by atoms with van der Waals surface area (Å²) in [5, 5.41) is 3.44. The third kappa shape index (κ3) is 4.20. The van der Waals surface area contributed by atoms with Crippen LogP contribution in [0, 0.1) is 5.92 Å². The molecule has 1 atom stereocenters. The molecule has 1 N–H and O–H groups in total. The Balaban J connectivity index is 1.68. The molecular formula is C16H30N2O. The van der Waals surface area contributed by atoms with Crippen molar-refractivity contribution in [2.45, 2.75) is 77.3 Å². The van der Waals surface area contributed by atoms with Crippen LogP contribution in [0.1, 0.15) is 71.1 Å². The van der Waals surface area contributed by atoms with Crippen LogP contribution >= 0.6 is 0 Å². The van der Waals surface area contributed by atoms with Gasteiger partial charge < -0.3 is 4.90 Å². The van der Waals surface area contributed by atoms with E-state index in [-0.39, 0.29) is 0 Å². The molecule has 3 nitrogen and oxygen atoms in total. The monoisotopic (exact) mass is 266 g/mol. The third-order valence-electron chi connectivity index (χ3n) is 4.72. The molecule has 2 aliphatic rings. The molecule has 1 saturated heterocycles. The van der Waals surface area contributed by atoms with Crippen LogP contribution in [0.4, 0.5) is 0 Å². The number of rotatable bonds is 8. The third-order valence-corrected chi connectivity index (χ3v) is 4.72. The largest absolute Gasteiger partial charge is 0.326 e. The van der Waals surface area contributed by atoms with Gasteiger partial charge in [-0.2, -0.15) is 0 Å². The van der Waals surface area contributed by atoms with Crippen LogP contribution in [0.5, 0.6) is 0 Å². The minimum atomic E-state index is 0.324. The summed E-state index contributed by atoms with van der Waals surface area (Å²) in [5.74, 6) is 1.04. The topological polar surface area (TPSA) is 32.3 Å². The van der Waals surface area contributed by atoms with Gasteiger partial charge in [0.1, 0.15) is 0 Å². The predicted octanol–water partition coefficient (Wildman–Crippen LogP) is 3.30. The van der Waals surface area contributed by atoms with Crippen LogP contribution in [0.25, 0.3) is 0 Å². The quantitative estimate of drug-likeness (QED) is 0.684. The van der Waals surface area contributed by atoms with Gasteiger partial charge in [-0.15, -0.1) is 0 Å². The highest BCUT2D eigenvalue weighted by Gasteiger charge is 2.36. The Morgan fingerprint density at radius 3 is 2.53 bits per heavy atom. The fourth-order valence-corrected chi connectivity index (χ4v) is 3.58. The number of carbonyl (C=O) groups excluding carboxylic acids is 1. The van der Waals surface area contributed by atoms with Gasteiger partial charge in [0.2, 0.25) is 5.91 Å². The summed E-state index contributed by atoms with van der Waals surface area (Å²) in [6.45, 7) is 3.79. The van der Waals surface area contributed by atoms with Crippen molar-refractivity contribution in [1.82, 2.24) is 10.2 Å². The predicted molar refractivity (Wildman–Crippen MR) is 78.8 cm³/mol. The Hall–Kier alpha value is -0.570. The summed E-state index contributed by atoms with van der Waals surface area (Å²) in [6.07, 6.45) is 13.5. The molecule has 0 bridgehead atoms. The van der Waals surface area contributed by atoms with Crippen LogP contribution in [-0.4, -0.2) is 30.1 Å². The fourth-order valence-electron chi connectivity index (χ4n) is 3.58. The smallest absolute Gasteiger partial charge is 0.237 e. The van der Waals surface area contributed by atoms with Crippen LogP contribution in [0.3, 0.4) is 0 Å². The van der Waals surface area contributed by atoms with Gasteiger partial charge in [-0.05, 0) is 25.2 Å². The lowest BCUT2D eigenvalue weighted by atomic mass is 10.0. The summed E-state index contributed by atoms with van der Waals surface area (Å²) < 4.78 is 0. The summed E-state index contributed by atoms with van der Waals surface area (Å²) in [7, 11) is 0. The van der Waals surface area contributed by atoms with Gasteiger partial charge in [-0.1, -0.05) is 51.9 Å². The molecule has 0 aromatic heterocycles. The number of nitrogens with one attached hydrogen (secondary N) is 1. The number of carbonyl (C=O) groups is 1. The first-order valence-corrected chi connectivity index (χ1v) is 8.35. The second-order valence-electron chi connectivity index (χ2n) is 6.23. The van der Waals surface area contributed by atoms with E-state index in [4.69, 9.17) is 0 Å². The zero-order valence-electron chi connectivity index (χ0n) is 12.5. The zero-order valence-corrected chi connectivity index (χ0v) is 12.5. The second-order valence-corrected chi connectivity index (χ2v) is 6.23. The number of hydrogen-bond acceptors (Lipinski definition) is 2. The van der Waals surface area contributed by atoms with Crippen molar-refractivity contribution in [2.75, 3.05) is 13.1 Å². The van der Waals surface area contributed by atoms with Gasteiger partial charge in [0.15, 0.2) is 0 Å². The van der Waals surface area contributed by atoms with Gasteiger partial charge in [0.25, 0.3) is 0 Å². The van der Waals surface area contributed by atoms with Crippen LogP contribution in [0.15, 0.2) is 0 Å². The van der Waals surface area contributed by atoms with E-state index in [2.05, 4.69) is 17.1 Å². The number of hydrogen-bond donors (Lipinski definition) is 1. The van der Waals surface area contributed by atoms with Crippen molar-refractivity contribution in [3.05, 3.63) is 0 Å². The van der Waals surface area contributed by atoms with E-state index < -0.39 is 0 Å². The molecule has 3 heteroatoms. The SMILES string of the molecule is CCCCCCCCN1C(=O)CNC1C1CCCC1. The molecule has 0 spiro atoms. The average Bonchev–Trinajstić information content (AvgIpc) is 3.04. The molecular weight excluding hydrogens is 236 g/mol. The molecule has 1 unspecified atom stereocenters. The first-order chi connectivity index (χ1) is 9.33. The molecule has 1 heterocycles. The number of unbranched alkanes of at least 4 members (excludes halogenated alkanes) is 5. The first-order valence-electron chi connectivity index (χ1n) is 8.35. The molecule has 1 amide bonds. The van der Waals surface area contributed by atoms with Gasteiger partial charge in [0.05, 0.1) is 12.7 Å². The van der Waals surface area contributed by atoms with Crippen molar-refractivity contribution >= 4 is 5.91 Å².